The molecule has 0 saturated carbocycles. The molecule has 1 fully saturated rings. The van der Waals surface area contributed by atoms with Crippen molar-refractivity contribution in [2.45, 2.75) is 13.0 Å². The smallest absolute Gasteiger partial charge is 0.407 e. The standard InChI is InChI=1S/C12H12FNO4/c1-7-2-3-9(10(13)4-7)11(15)17-5-8-6-18-12(16)14-8/h2-4,8H,5-6H2,1H3,(H,14,16). The normalized spacial score (nSPS) is 18.1. The average molecular weight is 253 g/mol. The summed E-state index contributed by atoms with van der Waals surface area (Å²) in [6, 6.07) is 3.88. The molecule has 0 bridgehead atoms. The van der Waals surface area contributed by atoms with Gasteiger partial charge in [-0.05, 0) is 24.6 Å². The quantitative estimate of drug-likeness (QED) is 0.827. The van der Waals surface area contributed by atoms with E-state index >= 15 is 0 Å². The van der Waals surface area contributed by atoms with Crippen LogP contribution in [0, 0.1) is 12.7 Å². The number of halogens is 1. The van der Waals surface area contributed by atoms with Gasteiger partial charge in [0, 0.05) is 0 Å². The highest BCUT2D eigenvalue weighted by atomic mass is 19.1. The minimum absolute atomic E-state index is 0.0438. The molecule has 1 unspecified atom stereocenters. The highest BCUT2D eigenvalue weighted by molar-refractivity contribution is 5.89. The van der Waals surface area contributed by atoms with E-state index in [0.717, 1.165) is 5.56 Å². The Balaban J connectivity index is 1.93. The van der Waals surface area contributed by atoms with Gasteiger partial charge in [-0.1, -0.05) is 6.07 Å². The van der Waals surface area contributed by atoms with E-state index in [1.165, 1.54) is 12.1 Å². The third kappa shape index (κ3) is 2.77. The van der Waals surface area contributed by atoms with Gasteiger partial charge >= 0.3 is 12.1 Å². The maximum atomic E-state index is 13.5. The molecule has 18 heavy (non-hydrogen) atoms. The Morgan fingerprint density at radius 2 is 2.39 bits per heavy atom. The summed E-state index contributed by atoms with van der Waals surface area (Å²) in [5.74, 6) is -1.37. The predicted octanol–water partition coefficient (Wildman–Crippen LogP) is 1.40. The number of rotatable bonds is 3. The summed E-state index contributed by atoms with van der Waals surface area (Å²) in [6.07, 6.45) is -0.544. The zero-order chi connectivity index (χ0) is 13.1. The Morgan fingerprint density at radius 1 is 1.61 bits per heavy atom. The van der Waals surface area contributed by atoms with Crippen LogP contribution in [0.2, 0.25) is 0 Å². The number of alkyl carbamates (subject to hydrolysis) is 1. The number of hydrogen-bond donors (Lipinski definition) is 1. The van der Waals surface area contributed by atoms with E-state index in [2.05, 4.69) is 10.1 Å². The van der Waals surface area contributed by atoms with E-state index in [0.29, 0.717) is 0 Å². The van der Waals surface area contributed by atoms with Crippen LogP contribution in [0.1, 0.15) is 15.9 Å². The van der Waals surface area contributed by atoms with Gasteiger partial charge in [0.2, 0.25) is 0 Å². The van der Waals surface area contributed by atoms with Crippen molar-refractivity contribution in [2.24, 2.45) is 0 Å². The predicted molar refractivity (Wildman–Crippen MR) is 59.7 cm³/mol. The van der Waals surface area contributed by atoms with Crippen LogP contribution in [-0.2, 0) is 9.47 Å². The molecule has 1 aliphatic rings. The minimum Gasteiger partial charge on any atom is -0.460 e. The largest absolute Gasteiger partial charge is 0.460 e. The van der Waals surface area contributed by atoms with Gasteiger partial charge in [0.1, 0.15) is 25.1 Å². The second kappa shape index (κ2) is 5.03. The molecule has 96 valence electrons. The van der Waals surface area contributed by atoms with Crippen molar-refractivity contribution in [3.8, 4) is 0 Å². The molecule has 1 saturated heterocycles. The van der Waals surface area contributed by atoms with Gasteiger partial charge in [-0.3, -0.25) is 0 Å². The van der Waals surface area contributed by atoms with E-state index in [4.69, 9.17) is 4.74 Å². The van der Waals surface area contributed by atoms with Crippen molar-refractivity contribution in [1.82, 2.24) is 5.32 Å². The molecule has 0 spiro atoms. The molecule has 5 nitrogen and oxygen atoms in total. The zero-order valence-corrected chi connectivity index (χ0v) is 9.73. The van der Waals surface area contributed by atoms with Gasteiger partial charge in [-0.25, -0.2) is 14.0 Å². The van der Waals surface area contributed by atoms with Crippen LogP contribution in [0.3, 0.4) is 0 Å². The number of hydrogen-bond acceptors (Lipinski definition) is 4. The lowest BCUT2D eigenvalue weighted by Gasteiger charge is -2.09. The van der Waals surface area contributed by atoms with Crippen molar-refractivity contribution in [1.29, 1.82) is 0 Å². The first kappa shape index (κ1) is 12.3. The number of carbonyl (C=O) groups is 2. The van der Waals surface area contributed by atoms with Crippen molar-refractivity contribution >= 4 is 12.1 Å². The van der Waals surface area contributed by atoms with Crippen LogP contribution in [0.5, 0.6) is 0 Å². The summed E-state index contributed by atoms with van der Waals surface area (Å²) in [4.78, 5) is 22.3. The summed E-state index contributed by atoms with van der Waals surface area (Å²) in [7, 11) is 0. The summed E-state index contributed by atoms with van der Waals surface area (Å²) < 4.78 is 23.0. The monoisotopic (exact) mass is 253 g/mol. The first-order chi connectivity index (χ1) is 8.56. The Labute approximate surface area is 103 Å². The Kier molecular flexibility index (Phi) is 3.45. The number of ether oxygens (including phenoxy) is 2. The number of benzene rings is 1. The average Bonchev–Trinajstić information content (AvgIpc) is 2.72. The molecule has 0 aromatic heterocycles. The van der Waals surface area contributed by atoms with E-state index < -0.39 is 17.9 Å². The topological polar surface area (TPSA) is 64.6 Å². The number of esters is 1. The molecule has 6 heteroatoms. The van der Waals surface area contributed by atoms with Crippen LogP contribution >= 0.6 is 0 Å². The number of nitrogens with one attached hydrogen (secondary N) is 1. The lowest BCUT2D eigenvalue weighted by atomic mass is 10.1. The van der Waals surface area contributed by atoms with E-state index in [-0.39, 0.29) is 24.8 Å². The Hall–Kier alpha value is -2.11. The third-order valence-electron chi connectivity index (χ3n) is 2.50. The fraction of sp³-hybridized carbons (Fsp3) is 0.333. The van der Waals surface area contributed by atoms with Gasteiger partial charge in [-0.2, -0.15) is 0 Å². The molecular weight excluding hydrogens is 241 g/mol. The Bertz CT molecular complexity index is 489. The highest BCUT2D eigenvalue weighted by Gasteiger charge is 2.24. The van der Waals surface area contributed by atoms with Gasteiger partial charge < -0.3 is 14.8 Å². The molecule has 1 N–H and O–H groups in total. The SMILES string of the molecule is Cc1ccc(C(=O)OCC2COC(=O)N2)c(F)c1. The maximum Gasteiger partial charge on any atom is 0.407 e. The summed E-state index contributed by atoms with van der Waals surface area (Å²) in [6.45, 7) is 1.82. The minimum atomic E-state index is -0.756. The second-order valence-corrected chi connectivity index (χ2v) is 4.02. The van der Waals surface area contributed by atoms with Gasteiger partial charge in [0.25, 0.3) is 0 Å². The van der Waals surface area contributed by atoms with Crippen LogP contribution in [0.4, 0.5) is 9.18 Å². The van der Waals surface area contributed by atoms with Crippen molar-refractivity contribution in [2.75, 3.05) is 13.2 Å². The van der Waals surface area contributed by atoms with Crippen molar-refractivity contribution in [3.63, 3.8) is 0 Å². The van der Waals surface area contributed by atoms with Crippen LogP contribution in [0.15, 0.2) is 18.2 Å². The molecule has 1 aromatic carbocycles. The highest BCUT2D eigenvalue weighted by Crippen LogP contribution is 2.11. The molecule has 1 amide bonds. The van der Waals surface area contributed by atoms with Gasteiger partial charge in [0.15, 0.2) is 0 Å². The molecule has 1 aromatic rings. The number of amides is 1. The van der Waals surface area contributed by atoms with Crippen LogP contribution in [0.25, 0.3) is 0 Å². The maximum absolute atomic E-state index is 13.5. The number of cyclic esters (lactones) is 1. The molecule has 0 radical (unpaired) electrons. The van der Waals surface area contributed by atoms with Crippen molar-refractivity contribution < 1.29 is 23.5 Å². The summed E-state index contributed by atoms with van der Waals surface area (Å²) >= 11 is 0. The van der Waals surface area contributed by atoms with Crippen LogP contribution < -0.4 is 5.32 Å². The summed E-state index contributed by atoms with van der Waals surface area (Å²) in [5.41, 5.74) is 0.603. The lowest BCUT2D eigenvalue weighted by Crippen LogP contribution is -2.32. The second-order valence-electron chi connectivity index (χ2n) is 4.02. The van der Waals surface area contributed by atoms with E-state index in [9.17, 15) is 14.0 Å². The first-order valence-corrected chi connectivity index (χ1v) is 5.43. The van der Waals surface area contributed by atoms with Gasteiger partial charge in [-0.15, -0.1) is 0 Å². The molecule has 2 rings (SSSR count). The van der Waals surface area contributed by atoms with Crippen molar-refractivity contribution in [3.05, 3.63) is 35.1 Å². The summed E-state index contributed by atoms with van der Waals surface area (Å²) in [5, 5.41) is 2.45. The molecule has 1 heterocycles. The molecular formula is C12H12FNO4. The Morgan fingerprint density at radius 3 is 3.00 bits per heavy atom. The number of carbonyl (C=O) groups excluding carboxylic acids is 2. The molecule has 1 atom stereocenters. The van der Waals surface area contributed by atoms with Gasteiger partial charge in [0.05, 0.1) is 5.56 Å². The fourth-order valence-corrected chi connectivity index (χ4v) is 1.56. The van der Waals surface area contributed by atoms with Crippen LogP contribution in [-0.4, -0.2) is 31.3 Å². The zero-order valence-electron chi connectivity index (χ0n) is 9.73. The fourth-order valence-electron chi connectivity index (χ4n) is 1.56. The van der Waals surface area contributed by atoms with E-state index in [1.807, 2.05) is 0 Å². The lowest BCUT2D eigenvalue weighted by molar-refractivity contribution is 0.0463. The molecule has 0 aliphatic carbocycles. The number of aryl methyl sites for hydroxylation is 1. The van der Waals surface area contributed by atoms with E-state index in [1.54, 1.807) is 13.0 Å². The first-order valence-electron chi connectivity index (χ1n) is 5.43. The third-order valence-corrected chi connectivity index (χ3v) is 2.50. The molecule has 1 aliphatic heterocycles.